The lowest BCUT2D eigenvalue weighted by atomic mass is 9.81. The Morgan fingerprint density at radius 2 is 1.90 bits per heavy atom. The average Bonchev–Trinajstić information content (AvgIpc) is 3.19. The van der Waals surface area contributed by atoms with Crippen LogP contribution in [0.5, 0.6) is 0 Å². The molecule has 0 spiro atoms. The molecule has 0 aromatic rings. The third-order valence-electron chi connectivity index (χ3n) is 6.53. The van der Waals surface area contributed by atoms with E-state index in [0.29, 0.717) is 12.8 Å². The Bertz CT molecular complexity index is 865. The number of amides is 3. The number of carbonyl (C=O) groups is 2. The summed E-state index contributed by atoms with van der Waals surface area (Å²) < 4.78 is 71.5. The normalized spacial score (nSPS) is 36.0. The maximum absolute atomic E-state index is 13.1. The summed E-state index contributed by atoms with van der Waals surface area (Å²) in [5, 5.41) is -0.768. The van der Waals surface area contributed by atoms with Gasteiger partial charge in [-0.25, -0.2) is 28.8 Å². The van der Waals surface area contributed by atoms with E-state index in [1.165, 1.54) is 11.9 Å². The fourth-order valence-corrected chi connectivity index (χ4v) is 6.42. The summed E-state index contributed by atoms with van der Waals surface area (Å²) in [4.78, 5) is 28.0. The van der Waals surface area contributed by atoms with Gasteiger partial charge in [0.1, 0.15) is 6.23 Å². The van der Waals surface area contributed by atoms with Gasteiger partial charge in [-0.05, 0) is 39.0 Å². The predicted molar refractivity (Wildman–Crippen MR) is 100 cm³/mol. The van der Waals surface area contributed by atoms with E-state index in [4.69, 9.17) is 4.74 Å². The van der Waals surface area contributed by atoms with Crippen LogP contribution in [0.15, 0.2) is 0 Å². The molecule has 3 N–H and O–H groups in total. The Kier molecular flexibility index (Phi) is 5.52. The molecule has 4 aliphatic rings. The van der Waals surface area contributed by atoms with Crippen molar-refractivity contribution in [2.45, 2.75) is 74.5 Å². The van der Waals surface area contributed by atoms with Crippen LogP contribution in [0, 0.1) is 5.92 Å². The highest BCUT2D eigenvalue weighted by Crippen LogP contribution is 2.40. The van der Waals surface area contributed by atoms with Crippen molar-refractivity contribution in [2.75, 3.05) is 13.6 Å². The molecule has 0 radical (unpaired) electrons. The molecule has 2 heterocycles. The summed E-state index contributed by atoms with van der Waals surface area (Å²) in [5.41, 5.74) is 3.80. The third-order valence-corrected chi connectivity index (χ3v) is 8.61. The van der Waals surface area contributed by atoms with Crippen LogP contribution in [0.25, 0.3) is 0 Å². The summed E-state index contributed by atoms with van der Waals surface area (Å²) in [7, 11) is -2.13. The van der Waals surface area contributed by atoms with Gasteiger partial charge in [-0.1, -0.05) is 0 Å². The number of fused-ring (bicyclic) bond motifs is 1. The number of nitrogens with zero attached hydrogens (tertiary/aromatic N) is 2. The molecular weight excluding hydrogens is 443 g/mol. The smallest absolute Gasteiger partial charge is 0.331 e. The molecule has 0 bridgehead atoms. The lowest BCUT2D eigenvalue weighted by Crippen LogP contribution is -2.64. The van der Waals surface area contributed by atoms with Crippen molar-refractivity contribution < 1.29 is 35.9 Å². The highest BCUT2D eigenvalue weighted by Gasteiger charge is 2.52. The lowest BCUT2D eigenvalue weighted by Gasteiger charge is -2.47. The van der Waals surface area contributed by atoms with Gasteiger partial charge in [0.2, 0.25) is 22.2 Å². The average molecular weight is 469 g/mol. The molecule has 3 amide bonds. The molecule has 5 unspecified atom stereocenters. The molecule has 2 saturated carbocycles. The van der Waals surface area contributed by atoms with Crippen LogP contribution in [0.2, 0.25) is 0 Å². The van der Waals surface area contributed by atoms with Gasteiger partial charge in [0.05, 0.1) is 17.7 Å². The number of alkyl halides is 3. The van der Waals surface area contributed by atoms with Crippen molar-refractivity contribution in [2.24, 2.45) is 5.92 Å². The van der Waals surface area contributed by atoms with E-state index in [0.717, 1.165) is 17.7 Å². The first-order valence-corrected chi connectivity index (χ1v) is 11.7. The van der Waals surface area contributed by atoms with Crippen LogP contribution < -0.4 is 15.6 Å². The fraction of sp³-hybridized carbons (Fsp3) is 0.882. The number of ether oxygens (including phenoxy) is 1. The first-order valence-electron chi connectivity index (χ1n) is 10.1. The van der Waals surface area contributed by atoms with Gasteiger partial charge >= 0.3 is 12.2 Å². The summed E-state index contributed by atoms with van der Waals surface area (Å²) in [6, 6.07) is -1.09. The first-order chi connectivity index (χ1) is 14.3. The van der Waals surface area contributed by atoms with E-state index >= 15 is 0 Å². The van der Waals surface area contributed by atoms with E-state index in [1.807, 2.05) is 12.3 Å². The van der Waals surface area contributed by atoms with E-state index < -0.39 is 69.9 Å². The molecule has 0 aromatic heterocycles. The molecule has 2 aliphatic heterocycles. The van der Waals surface area contributed by atoms with Crippen LogP contribution in [0.4, 0.5) is 18.0 Å². The molecule has 14 heteroatoms. The standard InChI is InChI=1S/C17H26F3N5O5S/c1-16(5-6-16)23-31(28,29)9-3-4-11-10(7-9)13(26)25(15(27)24(11)2)8-12-21-22-14(30-12)17(18,19)20/h9-12,14,21-23H,3-8H2,1-2H3. The fourth-order valence-electron chi connectivity index (χ4n) is 4.45. The quantitative estimate of drug-likeness (QED) is 0.527. The Labute approximate surface area is 177 Å². The number of hydrogen-bond donors (Lipinski definition) is 3. The summed E-state index contributed by atoms with van der Waals surface area (Å²) in [6.07, 6.45) is -5.92. The van der Waals surface area contributed by atoms with Crippen LogP contribution in [0.1, 0.15) is 39.0 Å². The van der Waals surface area contributed by atoms with Crippen molar-refractivity contribution >= 4 is 22.0 Å². The van der Waals surface area contributed by atoms with Gasteiger partial charge in [-0.3, -0.25) is 9.69 Å². The molecule has 2 aliphatic carbocycles. The van der Waals surface area contributed by atoms with Crippen LogP contribution in [-0.4, -0.2) is 79.2 Å². The molecular formula is C17H26F3N5O5S. The van der Waals surface area contributed by atoms with Crippen LogP contribution in [-0.2, 0) is 19.6 Å². The number of nitrogens with one attached hydrogen (secondary N) is 3. The minimum absolute atomic E-state index is 0.0470. The van der Waals surface area contributed by atoms with E-state index in [2.05, 4.69) is 10.1 Å². The van der Waals surface area contributed by atoms with Gasteiger partial charge in [0, 0.05) is 18.6 Å². The zero-order valence-electron chi connectivity index (χ0n) is 17.1. The number of halogens is 3. The number of hydrogen-bond acceptors (Lipinski definition) is 7. The summed E-state index contributed by atoms with van der Waals surface area (Å²) in [6.45, 7) is 1.39. The molecule has 31 heavy (non-hydrogen) atoms. The molecule has 5 atom stereocenters. The molecule has 2 saturated heterocycles. The zero-order chi connectivity index (χ0) is 22.8. The minimum Gasteiger partial charge on any atom is -0.331 e. The van der Waals surface area contributed by atoms with Crippen molar-refractivity contribution in [3.8, 4) is 0 Å². The minimum atomic E-state index is -4.66. The van der Waals surface area contributed by atoms with E-state index in [-0.39, 0.29) is 6.42 Å². The monoisotopic (exact) mass is 469 g/mol. The number of urea groups is 1. The second kappa shape index (κ2) is 7.54. The number of carbonyl (C=O) groups excluding carboxylic acids is 2. The molecule has 176 valence electrons. The SMILES string of the molecule is CN1C(=O)N(CC2NNC(C(F)(F)F)O2)C(=O)C2CC(S(=O)(=O)NC3(C)CC3)CCC21. The first kappa shape index (κ1) is 22.7. The topological polar surface area (TPSA) is 120 Å². The van der Waals surface area contributed by atoms with Crippen molar-refractivity contribution in [3.05, 3.63) is 0 Å². The second-order valence-corrected chi connectivity index (χ2v) is 11.0. The van der Waals surface area contributed by atoms with Gasteiger partial charge in [0.15, 0.2) is 0 Å². The second-order valence-electron chi connectivity index (χ2n) is 8.99. The molecule has 0 aromatic carbocycles. The van der Waals surface area contributed by atoms with Crippen LogP contribution in [0.3, 0.4) is 0 Å². The number of imide groups is 1. The molecule has 4 fully saturated rings. The Balaban J connectivity index is 1.46. The Morgan fingerprint density at radius 1 is 1.23 bits per heavy atom. The van der Waals surface area contributed by atoms with Gasteiger partial charge in [-0.15, -0.1) is 0 Å². The predicted octanol–water partition coefficient (Wildman–Crippen LogP) is 0.229. The highest BCUT2D eigenvalue weighted by atomic mass is 32.2. The summed E-state index contributed by atoms with van der Waals surface area (Å²) >= 11 is 0. The third kappa shape index (κ3) is 4.40. The zero-order valence-corrected chi connectivity index (χ0v) is 17.9. The van der Waals surface area contributed by atoms with Gasteiger partial charge in [-0.2, -0.15) is 13.2 Å². The maximum Gasteiger partial charge on any atom is 0.429 e. The van der Waals surface area contributed by atoms with Crippen molar-refractivity contribution in [3.63, 3.8) is 0 Å². The number of rotatable bonds is 5. The van der Waals surface area contributed by atoms with Crippen LogP contribution >= 0.6 is 0 Å². The van der Waals surface area contributed by atoms with E-state index in [9.17, 15) is 31.2 Å². The molecule has 4 rings (SSSR count). The lowest BCUT2D eigenvalue weighted by molar-refractivity contribution is -0.221. The number of sulfonamides is 1. The van der Waals surface area contributed by atoms with Gasteiger partial charge in [0.25, 0.3) is 0 Å². The Hall–Kier alpha value is -1.48. The van der Waals surface area contributed by atoms with Crippen molar-refractivity contribution in [1.29, 1.82) is 0 Å². The largest absolute Gasteiger partial charge is 0.429 e. The maximum atomic E-state index is 13.1. The van der Waals surface area contributed by atoms with Gasteiger partial charge < -0.3 is 9.64 Å². The van der Waals surface area contributed by atoms with E-state index in [1.54, 1.807) is 0 Å². The number of hydrazine groups is 1. The van der Waals surface area contributed by atoms with Crippen molar-refractivity contribution in [1.82, 2.24) is 25.4 Å². The molecule has 10 nitrogen and oxygen atoms in total. The highest BCUT2D eigenvalue weighted by molar-refractivity contribution is 7.90. The summed E-state index contributed by atoms with van der Waals surface area (Å²) in [5.74, 6) is -1.34. The Morgan fingerprint density at radius 3 is 2.48 bits per heavy atom.